The van der Waals surface area contributed by atoms with Crippen molar-refractivity contribution in [3.8, 4) is 34.5 Å². The molecule has 0 unspecified atom stereocenters. The molecular formula is C22H18O8. The number of carbonyl (C=O) groups is 2. The molecule has 0 amide bonds. The third kappa shape index (κ3) is 5.20. The Morgan fingerprint density at radius 2 is 1.00 bits per heavy atom. The number of aromatic hydroxyl groups is 4. The largest absolute Gasteiger partial charge is 0.504 e. The van der Waals surface area contributed by atoms with Crippen molar-refractivity contribution in [2.75, 3.05) is 0 Å². The van der Waals surface area contributed by atoms with E-state index < -0.39 is 23.4 Å². The Hall–Kier alpha value is -4.20. The number of benzene rings is 3. The van der Waals surface area contributed by atoms with Crippen molar-refractivity contribution >= 4 is 11.9 Å². The minimum Gasteiger partial charge on any atom is -0.504 e. The summed E-state index contributed by atoms with van der Waals surface area (Å²) in [6.07, 6.45) is -0.268. The zero-order valence-electron chi connectivity index (χ0n) is 15.6. The molecule has 0 saturated heterocycles. The first-order valence-electron chi connectivity index (χ1n) is 8.84. The highest BCUT2D eigenvalue weighted by molar-refractivity contribution is 5.79. The molecule has 154 valence electrons. The Balaban J connectivity index is 1.66. The number of esters is 2. The topological polar surface area (TPSA) is 134 Å². The van der Waals surface area contributed by atoms with Gasteiger partial charge in [0.1, 0.15) is 11.5 Å². The fourth-order valence-electron chi connectivity index (χ4n) is 2.68. The molecule has 0 spiro atoms. The predicted molar refractivity (Wildman–Crippen MR) is 105 cm³/mol. The first-order valence-corrected chi connectivity index (χ1v) is 8.84. The number of phenolic OH excluding ortho intramolecular Hbond substituents is 4. The summed E-state index contributed by atoms with van der Waals surface area (Å²) in [4.78, 5) is 24.5. The number of ether oxygens (including phenoxy) is 2. The molecule has 0 aromatic heterocycles. The van der Waals surface area contributed by atoms with Gasteiger partial charge in [0.2, 0.25) is 0 Å². The van der Waals surface area contributed by atoms with E-state index in [0.29, 0.717) is 11.1 Å². The van der Waals surface area contributed by atoms with Gasteiger partial charge < -0.3 is 29.9 Å². The molecule has 3 rings (SSSR count). The second-order valence-corrected chi connectivity index (χ2v) is 6.37. The van der Waals surface area contributed by atoms with Gasteiger partial charge in [0.05, 0.1) is 12.8 Å². The lowest BCUT2D eigenvalue weighted by Gasteiger charge is -2.10. The highest BCUT2D eigenvalue weighted by Gasteiger charge is 2.15. The summed E-state index contributed by atoms with van der Waals surface area (Å²) in [5.74, 6) is -2.60. The maximum Gasteiger partial charge on any atom is 0.315 e. The van der Waals surface area contributed by atoms with E-state index in [4.69, 9.17) is 9.47 Å². The SMILES string of the molecule is O=C(Cc1ccccc1CC(=O)Oc1ccc(O)c(O)c1)Oc1ccc(O)c(O)c1. The molecular weight excluding hydrogens is 392 g/mol. The van der Waals surface area contributed by atoms with Gasteiger partial charge in [0, 0.05) is 12.1 Å². The van der Waals surface area contributed by atoms with Crippen LogP contribution in [0.1, 0.15) is 11.1 Å². The molecule has 3 aromatic carbocycles. The Morgan fingerprint density at radius 3 is 1.37 bits per heavy atom. The Labute approximate surface area is 171 Å². The van der Waals surface area contributed by atoms with Crippen LogP contribution in [-0.4, -0.2) is 32.4 Å². The van der Waals surface area contributed by atoms with Gasteiger partial charge in [-0.1, -0.05) is 24.3 Å². The van der Waals surface area contributed by atoms with Crippen molar-refractivity contribution in [3.63, 3.8) is 0 Å². The first-order chi connectivity index (χ1) is 14.3. The van der Waals surface area contributed by atoms with Crippen LogP contribution in [0.3, 0.4) is 0 Å². The lowest BCUT2D eigenvalue weighted by atomic mass is 10.0. The minimum atomic E-state index is -0.621. The van der Waals surface area contributed by atoms with E-state index in [-0.39, 0.29) is 35.8 Å². The average molecular weight is 410 g/mol. The minimum absolute atomic E-state index is 0.0688. The Bertz CT molecular complexity index is 1000. The summed E-state index contributed by atoms with van der Waals surface area (Å²) >= 11 is 0. The molecule has 0 aliphatic carbocycles. The molecule has 4 N–H and O–H groups in total. The van der Waals surface area contributed by atoms with Crippen LogP contribution in [0.2, 0.25) is 0 Å². The van der Waals surface area contributed by atoms with Crippen molar-refractivity contribution < 1.29 is 39.5 Å². The van der Waals surface area contributed by atoms with Crippen LogP contribution < -0.4 is 9.47 Å². The number of hydrogen-bond acceptors (Lipinski definition) is 8. The molecule has 0 radical (unpaired) electrons. The lowest BCUT2D eigenvalue weighted by molar-refractivity contribution is -0.135. The summed E-state index contributed by atoms with van der Waals surface area (Å²) in [6, 6.07) is 14.1. The van der Waals surface area contributed by atoms with Gasteiger partial charge >= 0.3 is 11.9 Å². The molecule has 0 saturated carbocycles. The van der Waals surface area contributed by atoms with Gasteiger partial charge in [0.15, 0.2) is 23.0 Å². The van der Waals surface area contributed by atoms with Crippen LogP contribution in [-0.2, 0) is 22.4 Å². The van der Waals surface area contributed by atoms with Crippen LogP contribution in [0.5, 0.6) is 34.5 Å². The fraction of sp³-hybridized carbons (Fsp3) is 0.0909. The van der Waals surface area contributed by atoms with E-state index in [1.54, 1.807) is 24.3 Å². The molecule has 30 heavy (non-hydrogen) atoms. The average Bonchev–Trinajstić information content (AvgIpc) is 2.69. The zero-order valence-corrected chi connectivity index (χ0v) is 15.6. The Kier molecular flexibility index (Phi) is 6.07. The van der Waals surface area contributed by atoms with Gasteiger partial charge in [-0.3, -0.25) is 9.59 Å². The van der Waals surface area contributed by atoms with Gasteiger partial charge in [-0.25, -0.2) is 0 Å². The summed E-state index contributed by atoms with van der Waals surface area (Å²) in [5.41, 5.74) is 1.10. The summed E-state index contributed by atoms with van der Waals surface area (Å²) in [6.45, 7) is 0. The van der Waals surface area contributed by atoms with Crippen LogP contribution in [0.25, 0.3) is 0 Å². The third-order valence-electron chi connectivity index (χ3n) is 4.15. The number of hydrogen-bond donors (Lipinski definition) is 4. The second-order valence-electron chi connectivity index (χ2n) is 6.37. The first kappa shape index (κ1) is 20.5. The molecule has 8 heteroatoms. The molecule has 0 atom stereocenters. The smallest absolute Gasteiger partial charge is 0.315 e. The Morgan fingerprint density at radius 1 is 0.600 bits per heavy atom. The molecule has 8 nitrogen and oxygen atoms in total. The number of rotatable bonds is 6. The van der Waals surface area contributed by atoms with Gasteiger partial charge in [0.25, 0.3) is 0 Å². The van der Waals surface area contributed by atoms with E-state index in [9.17, 15) is 30.0 Å². The fourth-order valence-corrected chi connectivity index (χ4v) is 2.68. The highest BCUT2D eigenvalue weighted by atomic mass is 16.5. The highest BCUT2D eigenvalue weighted by Crippen LogP contribution is 2.30. The monoisotopic (exact) mass is 410 g/mol. The summed E-state index contributed by atoms with van der Waals surface area (Å²) in [5, 5.41) is 37.6. The number of phenols is 4. The quantitative estimate of drug-likeness (QED) is 0.277. The van der Waals surface area contributed by atoms with Crippen LogP contribution >= 0.6 is 0 Å². The van der Waals surface area contributed by atoms with E-state index in [1.165, 1.54) is 24.3 Å². The summed E-state index contributed by atoms with van der Waals surface area (Å²) in [7, 11) is 0. The predicted octanol–water partition coefficient (Wildman–Crippen LogP) is 2.81. The van der Waals surface area contributed by atoms with Gasteiger partial charge in [-0.05, 0) is 35.4 Å². The second kappa shape index (κ2) is 8.87. The van der Waals surface area contributed by atoms with Gasteiger partial charge in [-0.15, -0.1) is 0 Å². The van der Waals surface area contributed by atoms with E-state index in [1.807, 2.05) is 0 Å². The third-order valence-corrected chi connectivity index (χ3v) is 4.15. The standard InChI is InChI=1S/C22H18O8/c23-17-7-5-15(11-19(17)25)29-21(27)9-13-3-1-2-4-14(13)10-22(28)30-16-6-8-18(24)20(26)12-16/h1-8,11-12,23-26H,9-10H2. The van der Waals surface area contributed by atoms with Crippen molar-refractivity contribution in [3.05, 3.63) is 71.8 Å². The van der Waals surface area contributed by atoms with Crippen molar-refractivity contribution in [2.45, 2.75) is 12.8 Å². The molecule has 0 aliphatic rings. The van der Waals surface area contributed by atoms with Gasteiger partial charge in [-0.2, -0.15) is 0 Å². The molecule has 0 fully saturated rings. The molecule has 0 bridgehead atoms. The maximum atomic E-state index is 12.2. The normalized spacial score (nSPS) is 10.4. The molecule has 0 heterocycles. The lowest BCUT2D eigenvalue weighted by Crippen LogP contribution is -2.16. The van der Waals surface area contributed by atoms with Crippen LogP contribution in [0, 0.1) is 0 Å². The van der Waals surface area contributed by atoms with E-state index in [2.05, 4.69) is 0 Å². The molecule has 3 aromatic rings. The van der Waals surface area contributed by atoms with E-state index in [0.717, 1.165) is 12.1 Å². The summed E-state index contributed by atoms with van der Waals surface area (Å²) < 4.78 is 10.3. The van der Waals surface area contributed by atoms with Crippen LogP contribution in [0.4, 0.5) is 0 Å². The van der Waals surface area contributed by atoms with Crippen molar-refractivity contribution in [2.24, 2.45) is 0 Å². The van der Waals surface area contributed by atoms with Crippen molar-refractivity contribution in [1.82, 2.24) is 0 Å². The number of carbonyl (C=O) groups excluding carboxylic acids is 2. The zero-order chi connectivity index (χ0) is 21.7. The van der Waals surface area contributed by atoms with E-state index >= 15 is 0 Å². The molecule has 0 aliphatic heterocycles. The van der Waals surface area contributed by atoms with Crippen molar-refractivity contribution in [1.29, 1.82) is 0 Å². The maximum absolute atomic E-state index is 12.2. The van der Waals surface area contributed by atoms with Crippen LogP contribution in [0.15, 0.2) is 60.7 Å².